The zero-order valence-corrected chi connectivity index (χ0v) is 12.1. The van der Waals surface area contributed by atoms with Gasteiger partial charge in [-0.15, -0.1) is 0 Å². The van der Waals surface area contributed by atoms with Crippen LogP contribution < -0.4 is 0 Å². The van der Waals surface area contributed by atoms with Crippen molar-refractivity contribution < 1.29 is 9.72 Å². The lowest BCUT2D eigenvalue weighted by molar-refractivity contribution is -0.385. The van der Waals surface area contributed by atoms with E-state index in [-0.39, 0.29) is 22.7 Å². The summed E-state index contributed by atoms with van der Waals surface area (Å²) in [6, 6.07) is 1.34. The molecule has 108 valence electrons. The smallest absolute Gasteiger partial charge is 0.319 e. The molecule has 1 amide bonds. The summed E-state index contributed by atoms with van der Waals surface area (Å²) in [5.41, 5.74) is -0.412. The van der Waals surface area contributed by atoms with E-state index in [0.29, 0.717) is 12.5 Å². The molecule has 1 fully saturated rings. The summed E-state index contributed by atoms with van der Waals surface area (Å²) in [5.74, 6) is 0.153. The monoisotopic (exact) mass is 297 g/mol. The molecule has 0 aromatic carbocycles. The molecule has 0 bridgehead atoms. The Morgan fingerprint density at radius 2 is 2.25 bits per heavy atom. The lowest BCUT2D eigenvalue weighted by Gasteiger charge is -2.26. The first-order valence-corrected chi connectivity index (χ1v) is 6.89. The van der Waals surface area contributed by atoms with Gasteiger partial charge in [0, 0.05) is 18.8 Å². The number of aromatic nitrogens is 1. The van der Waals surface area contributed by atoms with E-state index in [1.54, 1.807) is 4.90 Å². The Labute approximate surface area is 121 Å². The first-order chi connectivity index (χ1) is 9.41. The van der Waals surface area contributed by atoms with Crippen LogP contribution in [0.25, 0.3) is 0 Å². The average Bonchev–Trinajstić information content (AvgIpc) is 3.18. The first kappa shape index (κ1) is 14.7. The van der Waals surface area contributed by atoms with Crippen LogP contribution in [0.2, 0.25) is 5.15 Å². The fraction of sp³-hybridized carbons (Fsp3) is 0.538. The van der Waals surface area contributed by atoms with Gasteiger partial charge in [-0.2, -0.15) is 0 Å². The standard InChI is InChI=1S/C13H16ClN3O3/c1-8(2)16(7-9-3-4-9)13(18)10-5-6-15-12(14)11(10)17(19)20/h5-6,8-9H,3-4,7H2,1-2H3. The molecule has 7 heteroatoms. The molecule has 1 saturated carbocycles. The summed E-state index contributed by atoms with van der Waals surface area (Å²) >= 11 is 5.75. The van der Waals surface area contributed by atoms with E-state index in [1.807, 2.05) is 13.8 Å². The summed E-state index contributed by atoms with van der Waals surface area (Å²) in [4.78, 5) is 28.3. The second-order valence-corrected chi connectivity index (χ2v) is 5.61. The maximum Gasteiger partial charge on any atom is 0.319 e. The maximum atomic E-state index is 12.6. The topological polar surface area (TPSA) is 76.3 Å². The number of rotatable bonds is 5. The van der Waals surface area contributed by atoms with Gasteiger partial charge in [0.1, 0.15) is 5.56 Å². The molecule has 0 unspecified atom stereocenters. The molecule has 2 rings (SSSR count). The van der Waals surface area contributed by atoms with Gasteiger partial charge >= 0.3 is 5.69 Å². The number of amides is 1. The van der Waals surface area contributed by atoms with Crippen LogP contribution in [0.5, 0.6) is 0 Å². The van der Waals surface area contributed by atoms with E-state index in [4.69, 9.17) is 11.6 Å². The first-order valence-electron chi connectivity index (χ1n) is 6.51. The van der Waals surface area contributed by atoms with Crippen LogP contribution in [-0.2, 0) is 0 Å². The third-order valence-corrected chi connectivity index (χ3v) is 3.61. The van der Waals surface area contributed by atoms with Crippen LogP contribution in [0.1, 0.15) is 37.0 Å². The Bertz CT molecular complexity index is 544. The summed E-state index contributed by atoms with van der Waals surface area (Å²) in [7, 11) is 0. The summed E-state index contributed by atoms with van der Waals surface area (Å²) in [6.07, 6.45) is 3.53. The Balaban J connectivity index is 2.35. The van der Waals surface area contributed by atoms with E-state index < -0.39 is 10.6 Å². The highest BCUT2D eigenvalue weighted by atomic mass is 35.5. The fourth-order valence-corrected chi connectivity index (χ4v) is 2.26. The van der Waals surface area contributed by atoms with Gasteiger partial charge in [0.05, 0.1) is 4.92 Å². The molecule has 0 saturated heterocycles. The van der Waals surface area contributed by atoms with Crippen LogP contribution in [0.3, 0.4) is 0 Å². The molecule has 1 aromatic rings. The van der Waals surface area contributed by atoms with Crippen LogP contribution >= 0.6 is 11.6 Å². The Morgan fingerprint density at radius 3 is 2.75 bits per heavy atom. The van der Waals surface area contributed by atoms with E-state index in [2.05, 4.69) is 4.98 Å². The second kappa shape index (κ2) is 5.75. The van der Waals surface area contributed by atoms with Gasteiger partial charge in [0.25, 0.3) is 5.91 Å². The number of carbonyl (C=O) groups is 1. The van der Waals surface area contributed by atoms with E-state index in [0.717, 1.165) is 12.8 Å². The summed E-state index contributed by atoms with van der Waals surface area (Å²) in [6.45, 7) is 4.43. The highest BCUT2D eigenvalue weighted by Crippen LogP contribution is 2.32. The van der Waals surface area contributed by atoms with Crippen molar-refractivity contribution in [3.63, 3.8) is 0 Å². The number of nitrogens with zero attached hydrogens (tertiary/aromatic N) is 3. The van der Waals surface area contributed by atoms with Crippen LogP contribution in [-0.4, -0.2) is 33.3 Å². The SMILES string of the molecule is CC(C)N(CC1CC1)C(=O)c1ccnc(Cl)c1[N+](=O)[O-]. The Morgan fingerprint density at radius 1 is 1.60 bits per heavy atom. The third kappa shape index (κ3) is 3.07. The minimum absolute atomic E-state index is 0.00403. The number of pyridine rings is 1. The van der Waals surface area contributed by atoms with Gasteiger partial charge in [-0.25, -0.2) is 4.98 Å². The van der Waals surface area contributed by atoms with E-state index >= 15 is 0 Å². The molecule has 1 aliphatic rings. The minimum atomic E-state index is -0.655. The van der Waals surface area contributed by atoms with Crippen molar-refractivity contribution in [2.24, 2.45) is 5.92 Å². The van der Waals surface area contributed by atoms with Crippen molar-refractivity contribution >= 4 is 23.2 Å². The number of nitro groups is 1. The molecule has 20 heavy (non-hydrogen) atoms. The lowest BCUT2D eigenvalue weighted by Crippen LogP contribution is -2.38. The molecule has 0 aliphatic heterocycles. The van der Waals surface area contributed by atoms with E-state index in [1.165, 1.54) is 12.3 Å². The van der Waals surface area contributed by atoms with Gasteiger partial charge < -0.3 is 4.90 Å². The van der Waals surface area contributed by atoms with Gasteiger partial charge in [0.15, 0.2) is 0 Å². The molecule has 1 aliphatic carbocycles. The van der Waals surface area contributed by atoms with Gasteiger partial charge in [-0.05, 0) is 38.7 Å². The molecular weight excluding hydrogens is 282 g/mol. The Hall–Kier alpha value is -1.69. The number of carbonyl (C=O) groups excluding carboxylic acids is 1. The molecular formula is C13H16ClN3O3. The zero-order chi connectivity index (χ0) is 14.9. The molecule has 1 aromatic heterocycles. The third-order valence-electron chi connectivity index (χ3n) is 3.33. The summed E-state index contributed by atoms with van der Waals surface area (Å²) in [5, 5.41) is 10.8. The minimum Gasteiger partial charge on any atom is -0.336 e. The van der Waals surface area contributed by atoms with Crippen molar-refractivity contribution in [2.45, 2.75) is 32.7 Å². The highest BCUT2D eigenvalue weighted by molar-refractivity contribution is 6.32. The zero-order valence-electron chi connectivity index (χ0n) is 11.4. The normalized spacial score (nSPS) is 14.4. The van der Waals surface area contributed by atoms with Gasteiger partial charge in [0.2, 0.25) is 5.15 Å². The van der Waals surface area contributed by atoms with Crippen LogP contribution in [0.4, 0.5) is 5.69 Å². The molecule has 6 nitrogen and oxygen atoms in total. The van der Waals surface area contributed by atoms with Crippen molar-refractivity contribution in [1.29, 1.82) is 0 Å². The second-order valence-electron chi connectivity index (χ2n) is 5.25. The Kier molecular flexibility index (Phi) is 4.23. The van der Waals surface area contributed by atoms with Crippen LogP contribution in [0, 0.1) is 16.0 Å². The lowest BCUT2D eigenvalue weighted by atomic mass is 10.1. The van der Waals surface area contributed by atoms with Crippen molar-refractivity contribution in [1.82, 2.24) is 9.88 Å². The highest BCUT2D eigenvalue weighted by Gasteiger charge is 2.33. The molecule has 0 radical (unpaired) electrons. The number of hydrogen-bond donors (Lipinski definition) is 0. The van der Waals surface area contributed by atoms with Crippen molar-refractivity contribution in [3.05, 3.63) is 33.1 Å². The number of hydrogen-bond acceptors (Lipinski definition) is 4. The quantitative estimate of drug-likeness (QED) is 0.476. The number of halogens is 1. The average molecular weight is 298 g/mol. The fourth-order valence-electron chi connectivity index (χ4n) is 2.04. The van der Waals surface area contributed by atoms with Gasteiger partial charge in [-0.1, -0.05) is 11.6 Å². The predicted octanol–water partition coefficient (Wildman–Crippen LogP) is 2.90. The van der Waals surface area contributed by atoms with Crippen LogP contribution in [0.15, 0.2) is 12.3 Å². The van der Waals surface area contributed by atoms with Crippen molar-refractivity contribution in [3.8, 4) is 0 Å². The van der Waals surface area contributed by atoms with Gasteiger partial charge in [-0.3, -0.25) is 14.9 Å². The van der Waals surface area contributed by atoms with Crippen molar-refractivity contribution in [2.75, 3.05) is 6.54 Å². The van der Waals surface area contributed by atoms with E-state index in [9.17, 15) is 14.9 Å². The largest absolute Gasteiger partial charge is 0.336 e. The predicted molar refractivity (Wildman–Crippen MR) is 74.8 cm³/mol. The molecule has 1 heterocycles. The summed E-state index contributed by atoms with van der Waals surface area (Å²) < 4.78 is 0. The molecule has 0 N–H and O–H groups in total. The molecule has 0 spiro atoms. The maximum absolute atomic E-state index is 12.6. The molecule has 0 atom stereocenters.